The number of ether oxygens (including phenoxy) is 1. The van der Waals surface area contributed by atoms with Crippen LogP contribution in [0.5, 0.6) is 5.75 Å². The lowest BCUT2D eigenvalue weighted by Crippen LogP contribution is -2.45. The van der Waals surface area contributed by atoms with E-state index < -0.39 is 21.9 Å². The van der Waals surface area contributed by atoms with Gasteiger partial charge in [0, 0.05) is 13.0 Å². The Balaban J connectivity index is 1.93. The number of carbonyl (C=O) groups excluding carboxylic acids is 2. The van der Waals surface area contributed by atoms with Crippen molar-refractivity contribution in [3.8, 4) is 5.75 Å². The maximum Gasteiger partial charge on any atom is 0.323 e. The molecule has 0 bridgehead atoms. The predicted molar refractivity (Wildman–Crippen MR) is 116 cm³/mol. The van der Waals surface area contributed by atoms with Crippen molar-refractivity contribution in [2.24, 2.45) is 5.92 Å². The number of hydrogen-bond acceptors (Lipinski definition) is 7. The Morgan fingerprint density at radius 3 is 2.43 bits per heavy atom. The second kappa shape index (κ2) is 12.1. The SMILES string of the molecule is CCCCS(=O)(=O)NNCC(C(=O)CC)C(=O)Oc1ccc(C2CCNCC2)cc1. The summed E-state index contributed by atoms with van der Waals surface area (Å²) >= 11 is 0. The molecule has 30 heavy (non-hydrogen) atoms. The van der Waals surface area contributed by atoms with Crippen LogP contribution in [0.3, 0.4) is 0 Å². The fourth-order valence-corrected chi connectivity index (χ4v) is 4.44. The van der Waals surface area contributed by atoms with Crippen LogP contribution in [0.2, 0.25) is 0 Å². The molecule has 1 aromatic rings. The molecule has 1 fully saturated rings. The number of nitrogens with one attached hydrogen (secondary N) is 3. The predicted octanol–water partition coefficient (Wildman–Crippen LogP) is 1.88. The largest absolute Gasteiger partial charge is 0.426 e. The summed E-state index contributed by atoms with van der Waals surface area (Å²) in [5.74, 6) is -1.25. The second-order valence-electron chi connectivity index (χ2n) is 7.54. The van der Waals surface area contributed by atoms with Gasteiger partial charge in [-0.3, -0.25) is 9.59 Å². The van der Waals surface area contributed by atoms with Crippen molar-refractivity contribution < 1.29 is 22.7 Å². The highest BCUT2D eigenvalue weighted by atomic mass is 32.2. The minimum atomic E-state index is -3.50. The van der Waals surface area contributed by atoms with Gasteiger partial charge >= 0.3 is 5.97 Å². The summed E-state index contributed by atoms with van der Waals surface area (Å²) in [5, 5.41) is 3.34. The first kappa shape index (κ1) is 24.5. The van der Waals surface area contributed by atoms with Gasteiger partial charge in [-0.05, 0) is 56.0 Å². The molecule has 2 rings (SSSR count). The third-order valence-corrected chi connectivity index (χ3v) is 6.51. The van der Waals surface area contributed by atoms with Gasteiger partial charge in [-0.2, -0.15) is 4.83 Å². The number of esters is 1. The van der Waals surface area contributed by atoms with E-state index >= 15 is 0 Å². The average Bonchev–Trinajstić information content (AvgIpc) is 2.76. The number of rotatable bonds is 12. The first-order valence-corrected chi connectivity index (χ1v) is 12.3. The van der Waals surface area contributed by atoms with Crippen molar-refractivity contribution in [1.29, 1.82) is 0 Å². The van der Waals surface area contributed by atoms with E-state index in [2.05, 4.69) is 15.6 Å². The molecule has 0 radical (unpaired) electrons. The van der Waals surface area contributed by atoms with Crippen LogP contribution in [0.4, 0.5) is 0 Å². The maximum absolute atomic E-state index is 12.6. The quantitative estimate of drug-likeness (QED) is 0.197. The van der Waals surface area contributed by atoms with E-state index in [1.54, 1.807) is 19.1 Å². The molecular weight excluding hydrogens is 406 g/mol. The van der Waals surface area contributed by atoms with E-state index in [0.29, 0.717) is 18.1 Å². The molecule has 1 aliphatic rings. The smallest absolute Gasteiger partial charge is 0.323 e. The zero-order valence-electron chi connectivity index (χ0n) is 17.8. The Morgan fingerprint density at radius 2 is 1.83 bits per heavy atom. The Morgan fingerprint density at radius 1 is 1.17 bits per heavy atom. The van der Waals surface area contributed by atoms with Gasteiger partial charge in [0.25, 0.3) is 0 Å². The third kappa shape index (κ3) is 7.79. The molecule has 0 spiro atoms. The van der Waals surface area contributed by atoms with Crippen LogP contribution in [0.25, 0.3) is 0 Å². The van der Waals surface area contributed by atoms with E-state index in [9.17, 15) is 18.0 Å². The van der Waals surface area contributed by atoms with Gasteiger partial charge in [0.2, 0.25) is 10.0 Å². The van der Waals surface area contributed by atoms with Crippen LogP contribution < -0.4 is 20.3 Å². The van der Waals surface area contributed by atoms with Crippen LogP contribution in [-0.2, 0) is 19.6 Å². The van der Waals surface area contributed by atoms with Crippen LogP contribution in [0.15, 0.2) is 24.3 Å². The number of Topliss-reactive ketones (excluding diaryl/α,β-unsaturated/α-hetero) is 1. The summed E-state index contributed by atoms with van der Waals surface area (Å²) in [5.41, 5.74) is 3.71. The molecule has 1 unspecified atom stereocenters. The lowest BCUT2D eigenvalue weighted by atomic mass is 9.90. The fourth-order valence-electron chi connectivity index (χ4n) is 3.36. The van der Waals surface area contributed by atoms with E-state index in [1.807, 2.05) is 19.1 Å². The Hall–Kier alpha value is -1.81. The molecule has 0 aliphatic carbocycles. The van der Waals surface area contributed by atoms with Crippen molar-refractivity contribution in [2.75, 3.05) is 25.4 Å². The van der Waals surface area contributed by atoms with Gasteiger partial charge in [-0.1, -0.05) is 32.4 Å². The molecule has 0 amide bonds. The monoisotopic (exact) mass is 439 g/mol. The normalized spacial score (nSPS) is 16.2. The molecule has 1 saturated heterocycles. The topological polar surface area (TPSA) is 114 Å². The minimum Gasteiger partial charge on any atom is -0.426 e. The summed E-state index contributed by atoms with van der Waals surface area (Å²) in [6.07, 6.45) is 3.58. The van der Waals surface area contributed by atoms with Gasteiger partial charge in [-0.15, -0.1) is 0 Å². The highest BCUT2D eigenvalue weighted by Gasteiger charge is 2.28. The summed E-state index contributed by atoms with van der Waals surface area (Å²) in [4.78, 5) is 27.0. The molecule has 3 N–H and O–H groups in total. The van der Waals surface area contributed by atoms with E-state index in [4.69, 9.17) is 4.74 Å². The highest BCUT2D eigenvalue weighted by Crippen LogP contribution is 2.27. The molecule has 0 saturated carbocycles. The maximum atomic E-state index is 12.6. The molecule has 168 valence electrons. The fraction of sp³-hybridized carbons (Fsp3) is 0.619. The van der Waals surface area contributed by atoms with E-state index in [1.165, 1.54) is 5.56 Å². The van der Waals surface area contributed by atoms with Crippen molar-refractivity contribution in [2.45, 2.75) is 51.9 Å². The molecule has 8 nitrogen and oxygen atoms in total. The number of hydrazine groups is 1. The zero-order valence-corrected chi connectivity index (χ0v) is 18.6. The summed E-state index contributed by atoms with van der Waals surface area (Å²) in [6.45, 7) is 5.38. The van der Waals surface area contributed by atoms with Crippen molar-refractivity contribution in [3.63, 3.8) is 0 Å². The first-order chi connectivity index (χ1) is 14.4. The molecular formula is C21H33N3O5S. The lowest BCUT2D eigenvalue weighted by molar-refractivity contribution is -0.143. The van der Waals surface area contributed by atoms with Crippen LogP contribution in [0.1, 0.15) is 57.4 Å². The van der Waals surface area contributed by atoms with Crippen LogP contribution >= 0.6 is 0 Å². The molecule has 1 atom stereocenters. The van der Waals surface area contributed by atoms with Crippen molar-refractivity contribution in [3.05, 3.63) is 29.8 Å². The number of sulfonamides is 1. The molecule has 1 aliphatic heterocycles. The molecule has 9 heteroatoms. The number of piperidine rings is 1. The summed E-state index contributed by atoms with van der Waals surface area (Å²) in [7, 11) is -3.50. The van der Waals surface area contributed by atoms with Crippen molar-refractivity contribution in [1.82, 2.24) is 15.6 Å². The zero-order chi connectivity index (χ0) is 22.0. The Kier molecular flexibility index (Phi) is 9.90. The third-order valence-electron chi connectivity index (χ3n) is 5.23. The van der Waals surface area contributed by atoms with Gasteiger partial charge in [0.15, 0.2) is 0 Å². The molecule has 1 heterocycles. The second-order valence-corrected chi connectivity index (χ2v) is 9.38. The number of benzene rings is 1. The first-order valence-electron chi connectivity index (χ1n) is 10.6. The Bertz CT molecular complexity index is 789. The average molecular weight is 440 g/mol. The highest BCUT2D eigenvalue weighted by molar-refractivity contribution is 7.89. The minimum absolute atomic E-state index is 0.0171. The van der Waals surface area contributed by atoms with Crippen LogP contribution in [0, 0.1) is 5.92 Å². The number of unbranched alkanes of at least 4 members (excludes halogenated alkanes) is 1. The molecule has 1 aromatic carbocycles. The van der Waals surface area contributed by atoms with Gasteiger partial charge in [0.05, 0.1) is 5.75 Å². The number of ketones is 1. The van der Waals surface area contributed by atoms with Crippen molar-refractivity contribution >= 4 is 21.8 Å². The van der Waals surface area contributed by atoms with Crippen LogP contribution in [-0.4, -0.2) is 45.6 Å². The summed E-state index contributed by atoms with van der Waals surface area (Å²) in [6, 6.07) is 7.39. The Labute approximate surface area is 179 Å². The summed E-state index contributed by atoms with van der Waals surface area (Å²) < 4.78 is 29.1. The van der Waals surface area contributed by atoms with E-state index in [-0.39, 0.29) is 24.5 Å². The van der Waals surface area contributed by atoms with Gasteiger partial charge in [-0.25, -0.2) is 13.8 Å². The lowest BCUT2D eigenvalue weighted by Gasteiger charge is -2.23. The van der Waals surface area contributed by atoms with Gasteiger partial charge in [0.1, 0.15) is 17.5 Å². The standard InChI is InChI=1S/C21H33N3O5S/c1-3-5-14-30(27,28)24-23-15-19(20(25)4-2)21(26)29-18-8-6-16(7-9-18)17-10-12-22-13-11-17/h6-9,17,19,22-24H,3-5,10-15H2,1-2H3. The van der Waals surface area contributed by atoms with E-state index in [0.717, 1.165) is 32.4 Å². The van der Waals surface area contributed by atoms with Gasteiger partial charge < -0.3 is 10.1 Å². The number of carbonyl (C=O) groups is 2. The molecule has 0 aromatic heterocycles. The number of hydrogen-bond donors (Lipinski definition) is 3.